The fraction of sp³-hybridized carbons (Fsp3) is 0.462. The molecule has 0 fully saturated rings. The summed E-state index contributed by atoms with van der Waals surface area (Å²) in [7, 11) is 0. The first-order valence-corrected chi connectivity index (χ1v) is 5.96. The van der Waals surface area contributed by atoms with E-state index in [4.69, 9.17) is 9.84 Å². The lowest BCUT2D eigenvalue weighted by molar-refractivity contribution is -0.121. The van der Waals surface area contributed by atoms with Gasteiger partial charge in [-0.1, -0.05) is 6.92 Å². The minimum atomic E-state index is -0.522. The Hall–Kier alpha value is -1.62. The molecule has 1 aromatic rings. The molecule has 0 radical (unpaired) electrons. The van der Waals surface area contributed by atoms with Crippen LogP contribution in [0, 0.1) is 11.7 Å². The lowest BCUT2D eigenvalue weighted by Crippen LogP contribution is -2.25. The van der Waals surface area contributed by atoms with Gasteiger partial charge in [0.1, 0.15) is 0 Å². The van der Waals surface area contributed by atoms with Crippen LogP contribution in [0.4, 0.5) is 10.1 Å². The van der Waals surface area contributed by atoms with Gasteiger partial charge in [-0.2, -0.15) is 0 Å². The highest BCUT2D eigenvalue weighted by atomic mass is 19.1. The van der Waals surface area contributed by atoms with Crippen LogP contribution in [0.1, 0.15) is 20.3 Å². The van der Waals surface area contributed by atoms with Crippen molar-refractivity contribution in [3.63, 3.8) is 0 Å². The molecule has 0 heterocycles. The molecule has 4 nitrogen and oxygen atoms in total. The lowest BCUT2D eigenvalue weighted by atomic mass is 10.1. The third-order valence-corrected chi connectivity index (χ3v) is 2.58. The quantitative estimate of drug-likeness (QED) is 0.819. The first-order valence-electron chi connectivity index (χ1n) is 5.96. The first kappa shape index (κ1) is 14.4. The van der Waals surface area contributed by atoms with Crippen LogP contribution in [-0.2, 0) is 4.79 Å². The van der Waals surface area contributed by atoms with Crippen LogP contribution in [0.3, 0.4) is 0 Å². The largest absolute Gasteiger partial charge is 0.491 e. The summed E-state index contributed by atoms with van der Waals surface area (Å²) in [5.74, 6) is -1.15. The number of hydrogen-bond acceptors (Lipinski definition) is 3. The van der Waals surface area contributed by atoms with Gasteiger partial charge in [0.15, 0.2) is 11.6 Å². The molecule has 0 aliphatic rings. The standard InChI is InChI=1S/C13H18FNO3/c1-3-9(8-16)13(17)15-10-5-6-12(18-4-2)11(14)7-10/h5-7,9,16H,3-4,8H2,1-2H3,(H,15,17). The average Bonchev–Trinajstić information content (AvgIpc) is 2.34. The Balaban J connectivity index is 2.74. The number of ether oxygens (including phenoxy) is 1. The van der Waals surface area contributed by atoms with Crippen molar-refractivity contribution in [1.29, 1.82) is 0 Å². The van der Waals surface area contributed by atoms with Crippen LogP contribution in [0.15, 0.2) is 18.2 Å². The second kappa shape index (κ2) is 6.96. The van der Waals surface area contributed by atoms with Crippen molar-refractivity contribution in [1.82, 2.24) is 0 Å². The van der Waals surface area contributed by atoms with E-state index in [0.29, 0.717) is 18.7 Å². The topological polar surface area (TPSA) is 58.6 Å². The molecular weight excluding hydrogens is 237 g/mol. The van der Waals surface area contributed by atoms with Crippen LogP contribution in [-0.4, -0.2) is 24.2 Å². The van der Waals surface area contributed by atoms with Gasteiger partial charge in [-0.15, -0.1) is 0 Å². The van der Waals surface area contributed by atoms with Crippen LogP contribution < -0.4 is 10.1 Å². The zero-order valence-electron chi connectivity index (χ0n) is 10.6. The van der Waals surface area contributed by atoms with E-state index in [-0.39, 0.29) is 18.3 Å². The van der Waals surface area contributed by atoms with Crippen LogP contribution in [0.5, 0.6) is 5.75 Å². The molecule has 18 heavy (non-hydrogen) atoms. The monoisotopic (exact) mass is 255 g/mol. The number of rotatable bonds is 6. The van der Waals surface area contributed by atoms with Crippen molar-refractivity contribution >= 4 is 11.6 Å². The van der Waals surface area contributed by atoms with Crippen molar-refractivity contribution in [2.45, 2.75) is 20.3 Å². The Morgan fingerprint density at radius 1 is 1.50 bits per heavy atom. The van der Waals surface area contributed by atoms with E-state index < -0.39 is 11.7 Å². The molecule has 0 saturated carbocycles. The summed E-state index contributed by atoms with van der Waals surface area (Å²) < 4.78 is 18.6. The molecule has 0 saturated heterocycles. The number of amides is 1. The van der Waals surface area contributed by atoms with Gasteiger partial charge in [0.2, 0.25) is 5.91 Å². The van der Waals surface area contributed by atoms with Crippen molar-refractivity contribution in [2.75, 3.05) is 18.5 Å². The molecule has 0 aliphatic carbocycles. The lowest BCUT2D eigenvalue weighted by Gasteiger charge is -2.13. The summed E-state index contributed by atoms with van der Waals surface area (Å²) in [6, 6.07) is 4.23. The summed E-state index contributed by atoms with van der Waals surface area (Å²) in [6.07, 6.45) is 0.530. The minimum Gasteiger partial charge on any atom is -0.491 e. The minimum absolute atomic E-state index is 0.157. The van der Waals surface area contributed by atoms with Gasteiger partial charge in [-0.05, 0) is 25.5 Å². The highest BCUT2D eigenvalue weighted by Crippen LogP contribution is 2.21. The van der Waals surface area contributed by atoms with E-state index in [2.05, 4.69) is 5.32 Å². The molecule has 1 amide bonds. The number of aliphatic hydroxyl groups excluding tert-OH is 1. The van der Waals surface area contributed by atoms with E-state index in [1.165, 1.54) is 12.1 Å². The fourth-order valence-electron chi connectivity index (χ4n) is 1.49. The van der Waals surface area contributed by atoms with Crippen LogP contribution in [0.2, 0.25) is 0 Å². The summed E-state index contributed by atoms with van der Waals surface area (Å²) in [5, 5.41) is 11.5. The summed E-state index contributed by atoms with van der Waals surface area (Å²) >= 11 is 0. The summed E-state index contributed by atoms with van der Waals surface area (Å²) in [5.41, 5.74) is 0.354. The van der Waals surface area contributed by atoms with Gasteiger partial charge in [0, 0.05) is 11.8 Å². The molecule has 0 aliphatic heterocycles. The van der Waals surface area contributed by atoms with Gasteiger partial charge >= 0.3 is 0 Å². The maximum absolute atomic E-state index is 13.5. The second-order valence-electron chi connectivity index (χ2n) is 3.86. The number of carbonyl (C=O) groups excluding carboxylic acids is 1. The summed E-state index contributed by atoms with van der Waals surface area (Å²) in [4.78, 5) is 11.7. The number of aliphatic hydroxyl groups is 1. The predicted molar refractivity (Wildman–Crippen MR) is 67.1 cm³/mol. The fourth-order valence-corrected chi connectivity index (χ4v) is 1.49. The average molecular weight is 255 g/mol. The molecule has 0 bridgehead atoms. The molecule has 5 heteroatoms. The molecule has 1 unspecified atom stereocenters. The molecule has 100 valence electrons. The van der Waals surface area contributed by atoms with Gasteiger partial charge in [-0.25, -0.2) is 4.39 Å². The van der Waals surface area contributed by atoms with E-state index in [0.717, 1.165) is 0 Å². The van der Waals surface area contributed by atoms with Crippen molar-refractivity contribution in [2.24, 2.45) is 5.92 Å². The van der Waals surface area contributed by atoms with E-state index >= 15 is 0 Å². The molecule has 2 N–H and O–H groups in total. The third kappa shape index (κ3) is 3.70. The third-order valence-electron chi connectivity index (χ3n) is 2.58. The highest BCUT2D eigenvalue weighted by molar-refractivity contribution is 5.92. The Kier molecular flexibility index (Phi) is 5.58. The number of nitrogens with one attached hydrogen (secondary N) is 1. The normalized spacial score (nSPS) is 12.0. The highest BCUT2D eigenvalue weighted by Gasteiger charge is 2.15. The molecule has 1 rings (SSSR count). The predicted octanol–water partition coefficient (Wildman–Crippen LogP) is 2.18. The maximum atomic E-state index is 13.5. The van der Waals surface area contributed by atoms with Gasteiger partial charge in [0.25, 0.3) is 0 Å². The SMILES string of the molecule is CCOc1ccc(NC(=O)C(CC)CO)cc1F. The Morgan fingerprint density at radius 3 is 2.72 bits per heavy atom. The van der Waals surface area contributed by atoms with Crippen molar-refractivity contribution in [3.05, 3.63) is 24.0 Å². The Morgan fingerprint density at radius 2 is 2.22 bits per heavy atom. The zero-order chi connectivity index (χ0) is 13.5. The zero-order valence-corrected chi connectivity index (χ0v) is 10.6. The van der Waals surface area contributed by atoms with E-state index in [9.17, 15) is 9.18 Å². The van der Waals surface area contributed by atoms with E-state index in [1.54, 1.807) is 19.9 Å². The number of halogens is 1. The van der Waals surface area contributed by atoms with Gasteiger partial charge < -0.3 is 15.2 Å². The maximum Gasteiger partial charge on any atom is 0.229 e. The van der Waals surface area contributed by atoms with Crippen LogP contribution in [0.25, 0.3) is 0 Å². The number of anilines is 1. The molecule has 0 spiro atoms. The molecular formula is C13H18FNO3. The van der Waals surface area contributed by atoms with Crippen LogP contribution >= 0.6 is 0 Å². The smallest absolute Gasteiger partial charge is 0.229 e. The second-order valence-corrected chi connectivity index (χ2v) is 3.86. The number of benzene rings is 1. The number of hydrogen-bond donors (Lipinski definition) is 2. The molecule has 1 atom stereocenters. The van der Waals surface area contributed by atoms with Crippen molar-refractivity contribution in [3.8, 4) is 5.75 Å². The first-order chi connectivity index (χ1) is 8.62. The van der Waals surface area contributed by atoms with Gasteiger partial charge in [0.05, 0.1) is 19.1 Å². The molecule has 0 aromatic heterocycles. The van der Waals surface area contributed by atoms with Crippen molar-refractivity contribution < 1.29 is 19.0 Å². The number of carbonyl (C=O) groups is 1. The molecule has 1 aromatic carbocycles. The van der Waals surface area contributed by atoms with E-state index in [1.807, 2.05) is 0 Å². The van der Waals surface area contributed by atoms with Gasteiger partial charge in [-0.3, -0.25) is 4.79 Å². The Labute approximate surface area is 106 Å². The Bertz CT molecular complexity index is 405. The summed E-state index contributed by atoms with van der Waals surface area (Å²) in [6.45, 7) is 3.73.